The highest BCUT2D eigenvalue weighted by molar-refractivity contribution is 6.04. The van der Waals surface area contributed by atoms with Crippen molar-refractivity contribution in [3.05, 3.63) is 46.0 Å². The number of nitrogens with zero attached hydrogens (tertiary/aromatic N) is 1. The van der Waals surface area contributed by atoms with Gasteiger partial charge in [0.1, 0.15) is 12.4 Å². The molecule has 0 unspecified atom stereocenters. The van der Waals surface area contributed by atoms with E-state index in [1.807, 2.05) is 52.8 Å². The van der Waals surface area contributed by atoms with Gasteiger partial charge in [0.05, 0.1) is 32.6 Å². The van der Waals surface area contributed by atoms with E-state index in [0.717, 1.165) is 38.9 Å². The van der Waals surface area contributed by atoms with Gasteiger partial charge in [0.2, 0.25) is 0 Å². The Labute approximate surface area is 211 Å². The van der Waals surface area contributed by atoms with Crippen LogP contribution in [0.4, 0.5) is 10.5 Å². The second-order valence-corrected chi connectivity index (χ2v) is 10.2. The van der Waals surface area contributed by atoms with Crippen LogP contribution in [0.1, 0.15) is 41.7 Å². The zero-order valence-electron chi connectivity index (χ0n) is 22.2. The van der Waals surface area contributed by atoms with Crippen LogP contribution >= 0.6 is 0 Å². The SMILES string of the molecule is COC(=O)C1(C(=O)OC)Cc2c(C)c(-c3c(C)cccc3OC)c(N3C(=O)OCC3(C)C)c(C)c2C1. The van der Waals surface area contributed by atoms with E-state index in [4.69, 9.17) is 18.9 Å². The minimum absolute atomic E-state index is 0.121. The molecular formula is C28H33NO7. The molecule has 0 saturated carbocycles. The topological polar surface area (TPSA) is 91.4 Å². The van der Waals surface area contributed by atoms with Crippen molar-refractivity contribution in [1.82, 2.24) is 0 Å². The highest BCUT2D eigenvalue weighted by atomic mass is 16.6. The van der Waals surface area contributed by atoms with Gasteiger partial charge in [-0.1, -0.05) is 12.1 Å². The van der Waals surface area contributed by atoms with E-state index in [1.54, 1.807) is 12.0 Å². The number of aryl methyl sites for hydroxylation is 1. The molecule has 8 nitrogen and oxygen atoms in total. The molecular weight excluding hydrogens is 462 g/mol. The maximum atomic E-state index is 13.1. The largest absolute Gasteiger partial charge is 0.496 e. The molecule has 0 aromatic heterocycles. The Hall–Kier alpha value is -3.55. The summed E-state index contributed by atoms with van der Waals surface area (Å²) in [6.45, 7) is 10.0. The van der Waals surface area contributed by atoms with E-state index in [1.165, 1.54) is 14.2 Å². The number of carbonyl (C=O) groups is 3. The van der Waals surface area contributed by atoms with Crippen molar-refractivity contribution in [2.75, 3.05) is 32.8 Å². The number of benzene rings is 2. The van der Waals surface area contributed by atoms with Gasteiger partial charge < -0.3 is 18.9 Å². The van der Waals surface area contributed by atoms with Gasteiger partial charge in [-0.15, -0.1) is 0 Å². The van der Waals surface area contributed by atoms with Crippen LogP contribution in [0.5, 0.6) is 5.75 Å². The summed E-state index contributed by atoms with van der Waals surface area (Å²) in [7, 11) is 4.15. The summed E-state index contributed by atoms with van der Waals surface area (Å²) in [5.41, 5.74) is 4.59. The smallest absolute Gasteiger partial charge is 0.415 e. The summed E-state index contributed by atoms with van der Waals surface area (Å²) in [6.07, 6.45) is -0.180. The van der Waals surface area contributed by atoms with E-state index in [9.17, 15) is 14.4 Å². The number of hydrogen-bond donors (Lipinski definition) is 0. The molecule has 36 heavy (non-hydrogen) atoms. The second kappa shape index (κ2) is 8.84. The van der Waals surface area contributed by atoms with Crippen molar-refractivity contribution in [2.45, 2.75) is 53.0 Å². The number of amides is 1. The van der Waals surface area contributed by atoms with E-state index in [-0.39, 0.29) is 19.4 Å². The lowest BCUT2D eigenvalue weighted by molar-refractivity contribution is -0.168. The third-order valence-electron chi connectivity index (χ3n) is 7.61. The van der Waals surface area contributed by atoms with Gasteiger partial charge in [-0.3, -0.25) is 14.5 Å². The van der Waals surface area contributed by atoms with Gasteiger partial charge in [-0.05, 0) is 68.5 Å². The number of methoxy groups -OCH3 is 3. The van der Waals surface area contributed by atoms with Gasteiger partial charge in [0.25, 0.3) is 0 Å². The number of fused-ring (bicyclic) bond motifs is 1. The number of cyclic esters (lactones) is 1. The molecule has 0 bridgehead atoms. The number of anilines is 1. The molecule has 2 aliphatic rings. The van der Waals surface area contributed by atoms with E-state index >= 15 is 0 Å². The predicted molar refractivity (Wildman–Crippen MR) is 134 cm³/mol. The predicted octanol–water partition coefficient (Wildman–Crippen LogP) is 4.45. The van der Waals surface area contributed by atoms with Crippen LogP contribution in [0.15, 0.2) is 18.2 Å². The fourth-order valence-corrected chi connectivity index (χ4v) is 5.74. The average Bonchev–Trinajstić information content (AvgIpc) is 3.39. The van der Waals surface area contributed by atoms with E-state index in [2.05, 4.69) is 0 Å². The Bertz CT molecular complexity index is 1260. The molecule has 192 valence electrons. The lowest BCUT2D eigenvalue weighted by Gasteiger charge is -2.34. The molecule has 0 radical (unpaired) electrons. The van der Waals surface area contributed by atoms with E-state index in [0.29, 0.717) is 11.4 Å². The lowest BCUT2D eigenvalue weighted by Crippen LogP contribution is -2.43. The molecule has 1 aliphatic heterocycles. The molecule has 1 heterocycles. The van der Waals surface area contributed by atoms with Crippen LogP contribution in [0.25, 0.3) is 11.1 Å². The second-order valence-electron chi connectivity index (χ2n) is 10.2. The van der Waals surface area contributed by atoms with Crippen LogP contribution in [0.2, 0.25) is 0 Å². The van der Waals surface area contributed by atoms with Crippen molar-refractivity contribution in [3.63, 3.8) is 0 Å². The summed E-state index contributed by atoms with van der Waals surface area (Å²) in [5, 5.41) is 0. The summed E-state index contributed by atoms with van der Waals surface area (Å²) >= 11 is 0. The molecule has 2 aromatic rings. The summed E-state index contributed by atoms with van der Waals surface area (Å²) in [4.78, 5) is 40.8. The van der Waals surface area contributed by atoms with Crippen molar-refractivity contribution in [3.8, 4) is 16.9 Å². The normalized spacial score (nSPS) is 17.4. The zero-order chi connectivity index (χ0) is 26.6. The van der Waals surface area contributed by atoms with Crippen molar-refractivity contribution in [2.24, 2.45) is 5.41 Å². The number of ether oxygens (including phenoxy) is 4. The first kappa shape index (κ1) is 25.5. The first-order valence-electron chi connectivity index (χ1n) is 11.9. The average molecular weight is 496 g/mol. The minimum Gasteiger partial charge on any atom is -0.496 e. The van der Waals surface area contributed by atoms with Crippen molar-refractivity contribution in [1.29, 1.82) is 0 Å². The Kier molecular flexibility index (Phi) is 6.27. The molecule has 0 N–H and O–H groups in total. The van der Waals surface area contributed by atoms with Crippen molar-refractivity contribution >= 4 is 23.7 Å². The molecule has 0 spiro atoms. The standard InChI is InChI=1S/C28H33NO7/c1-15-10-9-11-20(33-6)21(15)22-16(2)18-12-28(24(30)34-7,25(31)35-8)13-19(18)17(3)23(22)29-26(32)36-14-27(29,4)5/h9-11H,12-14H2,1-8H3. The highest BCUT2D eigenvalue weighted by Gasteiger charge is 2.55. The Morgan fingerprint density at radius 2 is 1.50 bits per heavy atom. The Morgan fingerprint density at radius 1 is 0.917 bits per heavy atom. The highest BCUT2D eigenvalue weighted by Crippen LogP contribution is 2.52. The molecule has 1 aliphatic carbocycles. The maximum Gasteiger partial charge on any atom is 0.415 e. The fraction of sp³-hybridized carbons (Fsp3) is 0.464. The van der Waals surface area contributed by atoms with Gasteiger partial charge in [0, 0.05) is 24.0 Å². The quantitative estimate of drug-likeness (QED) is 0.344. The van der Waals surface area contributed by atoms with Crippen LogP contribution in [-0.4, -0.2) is 51.5 Å². The van der Waals surface area contributed by atoms with Crippen LogP contribution in [0, 0.1) is 26.2 Å². The first-order chi connectivity index (χ1) is 16.9. The summed E-state index contributed by atoms with van der Waals surface area (Å²) in [5.74, 6) is -0.613. The molecule has 0 atom stereocenters. The van der Waals surface area contributed by atoms with Gasteiger partial charge in [0.15, 0.2) is 5.41 Å². The molecule has 4 rings (SSSR count). The lowest BCUT2D eigenvalue weighted by atomic mass is 9.84. The molecule has 1 amide bonds. The number of esters is 2. The third-order valence-corrected chi connectivity index (χ3v) is 7.61. The Balaban J connectivity index is 2.12. The minimum atomic E-state index is -1.49. The van der Waals surface area contributed by atoms with Crippen LogP contribution < -0.4 is 9.64 Å². The maximum absolute atomic E-state index is 13.1. The zero-order valence-corrected chi connectivity index (χ0v) is 22.2. The van der Waals surface area contributed by atoms with Crippen LogP contribution in [0.3, 0.4) is 0 Å². The monoisotopic (exact) mass is 495 g/mol. The van der Waals surface area contributed by atoms with Crippen LogP contribution in [-0.2, 0) is 36.6 Å². The summed E-state index contributed by atoms with van der Waals surface area (Å²) in [6, 6.07) is 5.79. The van der Waals surface area contributed by atoms with Crippen molar-refractivity contribution < 1.29 is 33.3 Å². The van der Waals surface area contributed by atoms with Gasteiger partial charge in [-0.25, -0.2) is 4.79 Å². The molecule has 8 heteroatoms. The molecule has 1 saturated heterocycles. The number of hydrogen-bond acceptors (Lipinski definition) is 7. The van der Waals surface area contributed by atoms with Gasteiger partial charge >= 0.3 is 18.0 Å². The molecule has 2 aromatic carbocycles. The number of carbonyl (C=O) groups excluding carboxylic acids is 3. The first-order valence-corrected chi connectivity index (χ1v) is 11.9. The fourth-order valence-electron chi connectivity index (χ4n) is 5.74. The Morgan fingerprint density at radius 3 is 2.00 bits per heavy atom. The number of rotatable bonds is 5. The molecule has 1 fully saturated rings. The third kappa shape index (κ3) is 3.53. The van der Waals surface area contributed by atoms with E-state index < -0.39 is 29.0 Å². The van der Waals surface area contributed by atoms with Gasteiger partial charge in [-0.2, -0.15) is 0 Å². The summed E-state index contributed by atoms with van der Waals surface area (Å²) < 4.78 is 21.4.